The van der Waals surface area contributed by atoms with Gasteiger partial charge in [-0.2, -0.15) is 0 Å². The molecule has 19 heavy (non-hydrogen) atoms. The molecule has 2 aromatic carbocycles. The molecule has 2 N–H and O–H groups in total. The number of ether oxygens (including phenoxy) is 1. The molecule has 2 rings (SSSR count). The van der Waals surface area contributed by atoms with Gasteiger partial charge in [0, 0.05) is 6.07 Å². The molecular formula is C14H11BrFNOS. The van der Waals surface area contributed by atoms with Gasteiger partial charge in [0.25, 0.3) is 0 Å². The van der Waals surface area contributed by atoms with Crippen LogP contribution in [0.3, 0.4) is 0 Å². The van der Waals surface area contributed by atoms with Crippen LogP contribution in [0.15, 0.2) is 40.9 Å². The first-order valence-corrected chi connectivity index (χ1v) is 6.71. The molecule has 0 saturated carbocycles. The van der Waals surface area contributed by atoms with Crippen LogP contribution in [0.5, 0.6) is 11.5 Å². The Hall–Kier alpha value is -1.46. The van der Waals surface area contributed by atoms with Crippen molar-refractivity contribution in [3.8, 4) is 11.5 Å². The van der Waals surface area contributed by atoms with Gasteiger partial charge in [0.05, 0.1) is 10.0 Å². The van der Waals surface area contributed by atoms with Crippen LogP contribution in [-0.4, -0.2) is 4.99 Å². The van der Waals surface area contributed by atoms with E-state index < -0.39 is 0 Å². The maximum absolute atomic E-state index is 13.4. The Morgan fingerprint density at radius 3 is 2.63 bits per heavy atom. The highest BCUT2D eigenvalue weighted by Crippen LogP contribution is 2.28. The summed E-state index contributed by atoms with van der Waals surface area (Å²) in [5.41, 5.74) is 7.32. The first-order chi connectivity index (χ1) is 8.97. The lowest BCUT2D eigenvalue weighted by atomic mass is 10.1. The van der Waals surface area contributed by atoms with E-state index in [0.717, 1.165) is 5.56 Å². The summed E-state index contributed by atoms with van der Waals surface area (Å²) in [5.74, 6) is 0.517. The molecule has 0 heterocycles. The predicted molar refractivity (Wildman–Crippen MR) is 81.2 cm³/mol. The van der Waals surface area contributed by atoms with Gasteiger partial charge in [0.2, 0.25) is 0 Å². The Bertz CT molecular complexity index is 645. The SMILES string of the molecule is Cc1ccc(Oc2ccc(Br)c(F)c2)c(C(N)=S)c1. The second-order valence-electron chi connectivity index (χ2n) is 4.04. The highest BCUT2D eigenvalue weighted by atomic mass is 79.9. The zero-order valence-electron chi connectivity index (χ0n) is 10.1. The van der Waals surface area contributed by atoms with E-state index >= 15 is 0 Å². The number of hydrogen-bond acceptors (Lipinski definition) is 2. The molecule has 0 bridgehead atoms. The molecule has 0 radical (unpaired) electrons. The summed E-state index contributed by atoms with van der Waals surface area (Å²) >= 11 is 8.08. The van der Waals surface area contributed by atoms with Gasteiger partial charge in [0.1, 0.15) is 22.3 Å². The lowest BCUT2D eigenvalue weighted by Crippen LogP contribution is -2.11. The normalized spacial score (nSPS) is 10.3. The average molecular weight is 340 g/mol. The molecule has 0 saturated heterocycles. The van der Waals surface area contributed by atoms with E-state index in [9.17, 15) is 4.39 Å². The third kappa shape index (κ3) is 3.30. The van der Waals surface area contributed by atoms with Crippen LogP contribution in [0.2, 0.25) is 0 Å². The highest BCUT2D eigenvalue weighted by Gasteiger charge is 2.09. The maximum Gasteiger partial charge on any atom is 0.141 e. The molecule has 0 aromatic heterocycles. The van der Waals surface area contributed by atoms with Gasteiger partial charge in [-0.15, -0.1) is 0 Å². The first-order valence-electron chi connectivity index (χ1n) is 5.51. The number of halogens is 2. The minimum Gasteiger partial charge on any atom is -0.457 e. The highest BCUT2D eigenvalue weighted by molar-refractivity contribution is 9.10. The lowest BCUT2D eigenvalue weighted by molar-refractivity contribution is 0.475. The van der Waals surface area contributed by atoms with Crippen molar-refractivity contribution in [3.05, 3.63) is 57.8 Å². The van der Waals surface area contributed by atoms with Crippen LogP contribution in [0.4, 0.5) is 4.39 Å². The number of nitrogens with two attached hydrogens (primary N) is 1. The van der Waals surface area contributed by atoms with Crippen LogP contribution < -0.4 is 10.5 Å². The Morgan fingerprint density at radius 1 is 1.26 bits per heavy atom. The van der Waals surface area contributed by atoms with Crippen LogP contribution in [0.1, 0.15) is 11.1 Å². The van der Waals surface area contributed by atoms with E-state index in [-0.39, 0.29) is 10.8 Å². The third-order valence-electron chi connectivity index (χ3n) is 2.52. The minimum atomic E-state index is -0.388. The van der Waals surface area contributed by atoms with E-state index in [2.05, 4.69) is 15.9 Å². The average Bonchev–Trinajstić information content (AvgIpc) is 2.36. The van der Waals surface area contributed by atoms with Crippen molar-refractivity contribution in [1.29, 1.82) is 0 Å². The van der Waals surface area contributed by atoms with Crippen molar-refractivity contribution in [3.63, 3.8) is 0 Å². The quantitative estimate of drug-likeness (QED) is 0.845. The number of benzene rings is 2. The molecule has 0 amide bonds. The topological polar surface area (TPSA) is 35.2 Å². The first kappa shape index (κ1) is 14.0. The molecule has 0 aliphatic rings. The predicted octanol–water partition coefficient (Wildman–Crippen LogP) is 4.32. The summed E-state index contributed by atoms with van der Waals surface area (Å²) in [6.45, 7) is 1.94. The van der Waals surface area contributed by atoms with Crippen LogP contribution in [-0.2, 0) is 0 Å². The van der Waals surface area contributed by atoms with E-state index in [1.807, 2.05) is 19.1 Å². The van der Waals surface area contributed by atoms with Gasteiger partial charge >= 0.3 is 0 Å². The van der Waals surface area contributed by atoms with Crippen molar-refractivity contribution in [2.24, 2.45) is 5.73 Å². The van der Waals surface area contributed by atoms with Crippen LogP contribution in [0.25, 0.3) is 0 Å². The fourth-order valence-corrected chi connectivity index (χ4v) is 2.00. The molecule has 0 unspecified atom stereocenters. The second kappa shape index (κ2) is 5.67. The van der Waals surface area contributed by atoms with E-state index in [0.29, 0.717) is 21.5 Å². The summed E-state index contributed by atoms with van der Waals surface area (Å²) < 4.78 is 19.4. The van der Waals surface area contributed by atoms with Crippen LogP contribution in [0, 0.1) is 12.7 Å². The third-order valence-corrected chi connectivity index (χ3v) is 3.38. The standard InChI is InChI=1S/C14H11BrFNOS/c1-8-2-5-13(10(6-8)14(17)19)18-9-3-4-11(15)12(16)7-9/h2-7H,1H3,(H2,17,19). The molecule has 0 spiro atoms. The summed E-state index contributed by atoms with van der Waals surface area (Å²) in [6, 6.07) is 10.0. The summed E-state index contributed by atoms with van der Waals surface area (Å²) in [5, 5.41) is 0. The van der Waals surface area contributed by atoms with Crippen molar-refractivity contribution in [2.45, 2.75) is 6.92 Å². The van der Waals surface area contributed by atoms with Crippen molar-refractivity contribution in [1.82, 2.24) is 0 Å². The van der Waals surface area contributed by atoms with E-state index in [1.54, 1.807) is 18.2 Å². The molecule has 2 aromatic rings. The molecule has 2 nitrogen and oxygen atoms in total. The van der Waals surface area contributed by atoms with Crippen LogP contribution >= 0.6 is 28.1 Å². The Balaban J connectivity index is 2.37. The number of hydrogen-bond donors (Lipinski definition) is 1. The summed E-state index contributed by atoms with van der Waals surface area (Å²) in [6.07, 6.45) is 0. The molecule has 98 valence electrons. The largest absolute Gasteiger partial charge is 0.457 e. The monoisotopic (exact) mass is 339 g/mol. The molecule has 0 aliphatic carbocycles. The number of thiocarbonyl (C=S) groups is 1. The molecule has 0 aliphatic heterocycles. The lowest BCUT2D eigenvalue weighted by Gasteiger charge is -2.11. The summed E-state index contributed by atoms with van der Waals surface area (Å²) in [4.78, 5) is 0.247. The van der Waals surface area contributed by atoms with Gasteiger partial charge in [-0.1, -0.05) is 23.8 Å². The fourth-order valence-electron chi connectivity index (χ4n) is 1.59. The summed E-state index contributed by atoms with van der Waals surface area (Å²) in [7, 11) is 0. The Kier molecular flexibility index (Phi) is 4.17. The smallest absolute Gasteiger partial charge is 0.141 e. The number of aryl methyl sites for hydroxylation is 1. The van der Waals surface area contributed by atoms with Crippen molar-refractivity contribution >= 4 is 33.1 Å². The van der Waals surface area contributed by atoms with Gasteiger partial charge in [-0.25, -0.2) is 4.39 Å². The van der Waals surface area contributed by atoms with Crippen molar-refractivity contribution < 1.29 is 9.13 Å². The maximum atomic E-state index is 13.4. The Labute approximate surface area is 124 Å². The van der Waals surface area contributed by atoms with Gasteiger partial charge < -0.3 is 10.5 Å². The molecular weight excluding hydrogens is 329 g/mol. The van der Waals surface area contributed by atoms with Gasteiger partial charge in [-0.05, 0) is 47.1 Å². The van der Waals surface area contributed by atoms with E-state index in [4.69, 9.17) is 22.7 Å². The van der Waals surface area contributed by atoms with Gasteiger partial charge in [-0.3, -0.25) is 0 Å². The molecule has 5 heteroatoms. The second-order valence-corrected chi connectivity index (χ2v) is 5.34. The molecule has 0 fully saturated rings. The zero-order valence-corrected chi connectivity index (χ0v) is 12.5. The van der Waals surface area contributed by atoms with Gasteiger partial charge in [0.15, 0.2) is 0 Å². The fraction of sp³-hybridized carbons (Fsp3) is 0.0714. The minimum absolute atomic E-state index is 0.247. The van der Waals surface area contributed by atoms with E-state index in [1.165, 1.54) is 6.07 Å². The van der Waals surface area contributed by atoms with Crippen molar-refractivity contribution in [2.75, 3.05) is 0 Å². The molecule has 0 atom stereocenters. The Morgan fingerprint density at radius 2 is 2.00 bits per heavy atom. The zero-order chi connectivity index (χ0) is 14.0. The number of rotatable bonds is 3.